The van der Waals surface area contributed by atoms with Crippen molar-refractivity contribution in [2.24, 2.45) is 11.8 Å². The number of carbonyl (C=O) groups is 2. The molecule has 35 heavy (non-hydrogen) atoms. The number of piperidine rings is 1. The van der Waals surface area contributed by atoms with E-state index in [0.717, 1.165) is 29.4 Å². The molecule has 1 unspecified atom stereocenters. The molecule has 2 aromatic carbocycles. The SMILES string of the molecule is CC(C)CNC(=O)c1ccccc1NC(=O)C1CCCN(Cc2nc(-c3cccc(Br)c3)no2)C1. The normalized spacial score (nSPS) is 16.3. The van der Waals surface area contributed by atoms with Gasteiger partial charge in [-0.2, -0.15) is 4.98 Å². The molecule has 184 valence electrons. The third-order valence-electron chi connectivity index (χ3n) is 5.89. The van der Waals surface area contributed by atoms with Gasteiger partial charge in [0.05, 0.1) is 23.7 Å². The molecule has 0 radical (unpaired) electrons. The molecule has 1 aliphatic heterocycles. The Morgan fingerprint density at radius 2 is 2.03 bits per heavy atom. The fourth-order valence-corrected chi connectivity index (χ4v) is 4.48. The summed E-state index contributed by atoms with van der Waals surface area (Å²) in [7, 11) is 0. The fourth-order valence-electron chi connectivity index (χ4n) is 4.09. The van der Waals surface area contributed by atoms with Crippen molar-refractivity contribution in [3.05, 3.63) is 64.5 Å². The molecule has 1 aromatic heterocycles. The second-order valence-corrected chi connectivity index (χ2v) is 10.2. The van der Waals surface area contributed by atoms with Crippen LogP contribution in [0.5, 0.6) is 0 Å². The Morgan fingerprint density at radius 3 is 2.83 bits per heavy atom. The first kappa shape index (κ1) is 25.1. The van der Waals surface area contributed by atoms with Crippen molar-refractivity contribution in [1.82, 2.24) is 20.4 Å². The Labute approximate surface area is 213 Å². The van der Waals surface area contributed by atoms with Crippen LogP contribution in [0, 0.1) is 11.8 Å². The van der Waals surface area contributed by atoms with Crippen LogP contribution in [0.2, 0.25) is 0 Å². The summed E-state index contributed by atoms with van der Waals surface area (Å²) in [5.41, 5.74) is 1.88. The average molecular weight is 540 g/mol. The van der Waals surface area contributed by atoms with Gasteiger partial charge in [-0.15, -0.1) is 0 Å². The number of halogens is 1. The lowest BCUT2D eigenvalue weighted by Gasteiger charge is -2.31. The van der Waals surface area contributed by atoms with Gasteiger partial charge in [-0.1, -0.05) is 59.2 Å². The van der Waals surface area contributed by atoms with Crippen molar-refractivity contribution < 1.29 is 14.1 Å². The smallest absolute Gasteiger partial charge is 0.253 e. The van der Waals surface area contributed by atoms with Crippen LogP contribution in [-0.2, 0) is 11.3 Å². The van der Waals surface area contributed by atoms with E-state index in [1.54, 1.807) is 18.2 Å². The van der Waals surface area contributed by atoms with Crippen molar-refractivity contribution in [2.45, 2.75) is 33.2 Å². The zero-order valence-corrected chi connectivity index (χ0v) is 21.5. The average Bonchev–Trinajstić information content (AvgIpc) is 3.31. The van der Waals surface area contributed by atoms with Gasteiger partial charge in [0, 0.05) is 23.1 Å². The number of amides is 2. The second-order valence-electron chi connectivity index (χ2n) is 9.24. The maximum absolute atomic E-state index is 13.1. The van der Waals surface area contributed by atoms with Gasteiger partial charge < -0.3 is 15.2 Å². The zero-order chi connectivity index (χ0) is 24.8. The second kappa shape index (κ2) is 11.6. The maximum atomic E-state index is 13.1. The summed E-state index contributed by atoms with van der Waals surface area (Å²) in [5.74, 6) is 0.950. The van der Waals surface area contributed by atoms with Crippen molar-refractivity contribution in [3.63, 3.8) is 0 Å². The first-order valence-corrected chi connectivity index (χ1v) is 12.7. The monoisotopic (exact) mass is 539 g/mol. The predicted octanol–water partition coefficient (Wildman–Crippen LogP) is 4.74. The number of hydrogen-bond donors (Lipinski definition) is 2. The van der Waals surface area contributed by atoms with Crippen molar-refractivity contribution in [2.75, 3.05) is 25.0 Å². The third-order valence-corrected chi connectivity index (χ3v) is 6.38. The number of carbonyl (C=O) groups excluding carboxylic acids is 2. The molecular weight excluding hydrogens is 510 g/mol. The Bertz CT molecular complexity index is 1180. The summed E-state index contributed by atoms with van der Waals surface area (Å²) in [6.45, 7) is 6.59. The lowest BCUT2D eigenvalue weighted by molar-refractivity contribution is -0.121. The van der Waals surface area contributed by atoms with Crippen LogP contribution < -0.4 is 10.6 Å². The number of nitrogens with one attached hydrogen (secondary N) is 2. The van der Waals surface area contributed by atoms with Crippen LogP contribution in [0.4, 0.5) is 5.69 Å². The van der Waals surface area contributed by atoms with Gasteiger partial charge in [-0.3, -0.25) is 14.5 Å². The number of aromatic nitrogens is 2. The van der Waals surface area contributed by atoms with Crippen LogP contribution in [0.15, 0.2) is 57.5 Å². The Hall–Kier alpha value is -3.04. The molecule has 3 aromatic rings. The molecule has 1 atom stereocenters. The van der Waals surface area contributed by atoms with E-state index in [1.807, 2.05) is 44.2 Å². The Morgan fingerprint density at radius 1 is 1.20 bits per heavy atom. The van der Waals surface area contributed by atoms with Crippen LogP contribution in [0.1, 0.15) is 42.9 Å². The highest BCUT2D eigenvalue weighted by atomic mass is 79.9. The number of rotatable bonds is 8. The highest BCUT2D eigenvalue weighted by Gasteiger charge is 2.28. The number of hydrogen-bond acceptors (Lipinski definition) is 6. The van der Waals surface area contributed by atoms with Crippen LogP contribution in [0.25, 0.3) is 11.4 Å². The molecule has 0 saturated carbocycles. The molecule has 2 N–H and O–H groups in total. The summed E-state index contributed by atoms with van der Waals surface area (Å²) in [5, 5.41) is 10.0. The number of likely N-dealkylation sites (tertiary alicyclic amines) is 1. The minimum atomic E-state index is -0.192. The van der Waals surface area contributed by atoms with E-state index in [1.165, 1.54) is 0 Å². The maximum Gasteiger partial charge on any atom is 0.253 e. The van der Waals surface area contributed by atoms with Crippen LogP contribution in [0.3, 0.4) is 0 Å². The minimum Gasteiger partial charge on any atom is -0.352 e. The van der Waals surface area contributed by atoms with Gasteiger partial charge in [0.15, 0.2) is 0 Å². The third kappa shape index (κ3) is 6.76. The minimum absolute atomic E-state index is 0.0841. The van der Waals surface area contributed by atoms with E-state index in [2.05, 4.69) is 41.6 Å². The van der Waals surface area contributed by atoms with Crippen LogP contribution in [-0.4, -0.2) is 46.5 Å². The molecule has 1 fully saturated rings. The van der Waals surface area contributed by atoms with Gasteiger partial charge in [-0.05, 0) is 49.6 Å². The highest BCUT2D eigenvalue weighted by Crippen LogP contribution is 2.24. The lowest BCUT2D eigenvalue weighted by atomic mass is 9.96. The van der Waals surface area contributed by atoms with E-state index in [-0.39, 0.29) is 17.7 Å². The predicted molar refractivity (Wildman–Crippen MR) is 138 cm³/mol. The summed E-state index contributed by atoms with van der Waals surface area (Å²) < 4.78 is 6.42. The van der Waals surface area contributed by atoms with Crippen molar-refractivity contribution in [1.29, 1.82) is 0 Å². The molecule has 8 nitrogen and oxygen atoms in total. The van der Waals surface area contributed by atoms with Gasteiger partial charge in [0.2, 0.25) is 17.6 Å². The standard InChI is InChI=1S/C26H30BrN5O3/c1-17(2)14-28-26(34)21-10-3-4-11-22(21)29-25(33)19-8-6-12-32(15-19)16-23-30-24(31-35-23)18-7-5-9-20(27)13-18/h3-5,7,9-11,13,17,19H,6,8,12,14-16H2,1-2H3,(H,28,34)(H,29,33). The molecule has 2 heterocycles. The van der Waals surface area contributed by atoms with E-state index in [9.17, 15) is 9.59 Å². The number of anilines is 1. The van der Waals surface area contributed by atoms with Crippen molar-refractivity contribution >= 4 is 33.4 Å². The molecule has 0 bridgehead atoms. The summed E-state index contributed by atoms with van der Waals surface area (Å²) in [6, 6.07) is 14.9. The molecule has 4 rings (SSSR count). The zero-order valence-electron chi connectivity index (χ0n) is 20.0. The molecule has 0 aliphatic carbocycles. The first-order valence-electron chi connectivity index (χ1n) is 11.9. The Balaban J connectivity index is 1.37. The summed E-state index contributed by atoms with van der Waals surface area (Å²) in [4.78, 5) is 32.4. The lowest BCUT2D eigenvalue weighted by Crippen LogP contribution is -2.40. The largest absolute Gasteiger partial charge is 0.352 e. The molecule has 1 saturated heterocycles. The molecule has 1 aliphatic rings. The fraction of sp³-hybridized carbons (Fsp3) is 0.385. The van der Waals surface area contributed by atoms with E-state index in [4.69, 9.17) is 4.52 Å². The summed E-state index contributed by atoms with van der Waals surface area (Å²) >= 11 is 3.46. The molecule has 0 spiro atoms. The van der Waals surface area contributed by atoms with Gasteiger partial charge in [-0.25, -0.2) is 0 Å². The molecule has 2 amide bonds. The number of para-hydroxylation sites is 1. The highest BCUT2D eigenvalue weighted by molar-refractivity contribution is 9.10. The van der Waals surface area contributed by atoms with Crippen LogP contribution >= 0.6 is 15.9 Å². The van der Waals surface area contributed by atoms with Gasteiger partial charge in [0.25, 0.3) is 5.91 Å². The number of nitrogens with zero attached hydrogens (tertiary/aromatic N) is 3. The van der Waals surface area contributed by atoms with E-state index >= 15 is 0 Å². The quantitative estimate of drug-likeness (QED) is 0.429. The van der Waals surface area contributed by atoms with E-state index in [0.29, 0.717) is 48.5 Å². The Kier molecular flexibility index (Phi) is 8.30. The van der Waals surface area contributed by atoms with E-state index < -0.39 is 0 Å². The first-order chi connectivity index (χ1) is 16.9. The topological polar surface area (TPSA) is 100 Å². The molecular formula is C26H30BrN5O3. The summed E-state index contributed by atoms with van der Waals surface area (Å²) in [6.07, 6.45) is 1.68. The van der Waals surface area contributed by atoms with Crippen molar-refractivity contribution in [3.8, 4) is 11.4 Å². The number of benzene rings is 2. The van der Waals surface area contributed by atoms with Gasteiger partial charge >= 0.3 is 0 Å². The van der Waals surface area contributed by atoms with Gasteiger partial charge in [0.1, 0.15) is 0 Å². The molecule has 9 heteroatoms.